The zero-order valence-electron chi connectivity index (χ0n) is 11.3. The maximum absolute atomic E-state index is 6.09. The summed E-state index contributed by atoms with van der Waals surface area (Å²) in [5, 5.41) is 3.14. The largest absolute Gasteiger partial charge is 0.371 e. The van der Waals surface area contributed by atoms with E-state index in [-0.39, 0.29) is 11.6 Å². The monoisotopic (exact) mass is 256 g/mol. The third-order valence-corrected chi connectivity index (χ3v) is 4.47. The molecule has 98 valence electrons. The van der Waals surface area contributed by atoms with Crippen LogP contribution in [-0.4, -0.2) is 12.1 Å². The van der Waals surface area contributed by atoms with Gasteiger partial charge in [-0.15, -0.1) is 11.3 Å². The first-order valence-electron chi connectivity index (χ1n) is 6.40. The molecule has 1 unspecified atom stereocenters. The summed E-state index contributed by atoms with van der Waals surface area (Å²) in [6, 6.07) is 0.0632. The van der Waals surface area contributed by atoms with Crippen molar-refractivity contribution < 1.29 is 4.74 Å². The Kier molecular flexibility index (Phi) is 5.56. The molecule has 3 nitrogen and oxygen atoms in total. The fourth-order valence-corrected chi connectivity index (χ4v) is 3.26. The van der Waals surface area contributed by atoms with Crippen LogP contribution in [0.1, 0.15) is 63.2 Å². The Balaban J connectivity index is 2.92. The standard InChI is InChI=1S/C13H24N2OS/c1-5-8-10(14)11-9-17-12(15-11)13(6-2,7-3)16-4/h9-10H,5-8,14H2,1-4H3. The molecule has 0 aromatic carbocycles. The lowest BCUT2D eigenvalue weighted by molar-refractivity contribution is -0.0220. The summed E-state index contributed by atoms with van der Waals surface area (Å²) < 4.78 is 5.68. The van der Waals surface area contributed by atoms with Crippen molar-refractivity contribution in [1.29, 1.82) is 0 Å². The Hall–Kier alpha value is -0.450. The van der Waals surface area contributed by atoms with E-state index in [1.807, 2.05) is 0 Å². The van der Waals surface area contributed by atoms with Crippen molar-refractivity contribution in [1.82, 2.24) is 4.98 Å². The SMILES string of the molecule is CCCC(N)c1csc(C(CC)(CC)OC)n1. The highest BCUT2D eigenvalue weighted by Gasteiger charge is 2.31. The van der Waals surface area contributed by atoms with Crippen molar-refractivity contribution in [2.75, 3.05) is 7.11 Å². The van der Waals surface area contributed by atoms with E-state index in [4.69, 9.17) is 10.5 Å². The van der Waals surface area contributed by atoms with Crippen LogP contribution in [-0.2, 0) is 10.3 Å². The molecule has 0 aliphatic carbocycles. The van der Waals surface area contributed by atoms with E-state index in [1.54, 1.807) is 18.4 Å². The van der Waals surface area contributed by atoms with Crippen LogP contribution in [0.3, 0.4) is 0 Å². The van der Waals surface area contributed by atoms with Crippen molar-refractivity contribution in [3.05, 3.63) is 16.1 Å². The van der Waals surface area contributed by atoms with Gasteiger partial charge in [0.1, 0.15) is 10.6 Å². The van der Waals surface area contributed by atoms with Gasteiger partial charge in [0, 0.05) is 18.5 Å². The molecule has 1 aromatic rings. The van der Waals surface area contributed by atoms with E-state index in [9.17, 15) is 0 Å². The normalized spacial score (nSPS) is 13.9. The van der Waals surface area contributed by atoms with E-state index in [0.717, 1.165) is 36.4 Å². The lowest BCUT2D eigenvalue weighted by Gasteiger charge is -2.27. The minimum absolute atomic E-state index is 0.0632. The highest BCUT2D eigenvalue weighted by atomic mass is 32.1. The molecule has 0 bridgehead atoms. The topological polar surface area (TPSA) is 48.1 Å². The van der Waals surface area contributed by atoms with Gasteiger partial charge in [0.2, 0.25) is 0 Å². The predicted octanol–water partition coefficient (Wildman–Crippen LogP) is 3.60. The molecular weight excluding hydrogens is 232 g/mol. The van der Waals surface area contributed by atoms with Gasteiger partial charge in [-0.25, -0.2) is 4.98 Å². The number of ether oxygens (including phenoxy) is 1. The molecule has 0 saturated carbocycles. The van der Waals surface area contributed by atoms with Crippen LogP contribution < -0.4 is 5.73 Å². The number of methoxy groups -OCH3 is 1. The Bertz CT molecular complexity index is 326. The lowest BCUT2D eigenvalue weighted by atomic mass is 9.98. The van der Waals surface area contributed by atoms with E-state index in [0.29, 0.717) is 0 Å². The van der Waals surface area contributed by atoms with Gasteiger partial charge < -0.3 is 10.5 Å². The van der Waals surface area contributed by atoms with Gasteiger partial charge in [-0.2, -0.15) is 0 Å². The second-order valence-corrected chi connectivity index (χ2v) is 5.24. The first kappa shape index (κ1) is 14.6. The molecular formula is C13H24N2OS. The number of thiazole rings is 1. The maximum Gasteiger partial charge on any atom is 0.125 e. The molecule has 0 fully saturated rings. The van der Waals surface area contributed by atoms with Gasteiger partial charge in [0.05, 0.1) is 5.69 Å². The summed E-state index contributed by atoms with van der Waals surface area (Å²) >= 11 is 1.67. The molecule has 0 radical (unpaired) electrons. The summed E-state index contributed by atoms with van der Waals surface area (Å²) in [6.45, 7) is 6.42. The maximum atomic E-state index is 6.09. The van der Waals surface area contributed by atoms with Crippen molar-refractivity contribution in [2.24, 2.45) is 5.73 Å². The van der Waals surface area contributed by atoms with Crippen LogP contribution in [0.4, 0.5) is 0 Å². The Morgan fingerprint density at radius 3 is 2.53 bits per heavy atom. The highest BCUT2D eigenvalue weighted by molar-refractivity contribution is 7.09. The van der Waals surface area contributed by atoms with E-state index in [2.05, 4.69) is 31.1 Å². The van der Waals surface area contributed by atoms with Gasteiger partial charge in [-0.05, 0) is 19.3 Å². The Morgan fingerprint density at radius 1 is 1.41 bits per heavy atom. The smallest absolute Gasteiger partial charge is 0.125 e. The molecule has 4 heteroatoms. The summed E-state index contributed by atoms with van der Waals surface area (Å²) in [6.07, 6.45) is 3.96. The molecule has 17 heavy (non-hydrogen) atoms. The minimum atomic E-state index is -0.227. The van der Waals surface area contributed by atoms with Crippen molar-refractivity contribution in [3.63, 3.8) is 0 Å². The van der Waals surface area contributed by atoms with E-state index in [1.165, 1.54) is 0 Å². The van der Waals surface area contributed by atoms with Crippen molar-refractivity contribution in [3.8, 4) is 0 Å². The average molecular weight is 256 g/mol. The van der Waals surface area contributed by atoms with E-state index < -0.39 is 0 Å². The molecule has 1 heterocycles. The minimum Gasteiger partial charge on any atom is -0.371 e. The molecule has 0 aliphatic rings. The molecule has 0 aliphatic heterocycles. The number of nitrogens with two attached hydrogens (primary N) is 1. The summed E-state index contributed by atoms with van der Waals surface area (Å²) in [7, 11) is 1.76. The van der Waals surface area contributed by atoms with Crippen LogP contribution in [0, 0.1) is 0 Å². The van der Waals surface area contributed by atoms with Crippen LogP contribution >= 0.6 is 11.3 Å². The quantitative estimate of drug-likeness (QED) is 0.810. The summed E-state index contributed by atoms with van der Waals surface area (Å²) in [5.74, 6) is 0. The Morgan fingerprint density at radius 2 is 2.06 bits per heavy atom. The number of hydrogen-bond acceptors (Lipinski definition) is 4. The fraction of sp³-hybridized carbons (Fsp3) is 0.769. The number of hydrogen-bond donors (Lipinski definition) is 1. The van der Waals surface area contributed by atoms with Crippen LogP contribution in [0.25, 0.3) is 0 Å². The van der Waals surface area contributed by atoms with Gasteiger partial charge >= 0.3 is 0 Å². The highest BCUT2D eigenvalue weighted by Crippen LogP contribution is 2.35. The van der Waals surface area contributed by atoms with Gasteiger partial charge in [0.25, 0.3) is 0 Å². The zero-order chi connectivity index (χ0) is 12.9. The fourth-order valence-electron chi connectivity index (χ4n) is 2.05. The predicted molar refractivity (Wildman–Crippen MR) is 73.2 cm³/mol. The first-order chi connectivity index (χ1) is 8.13. The molecule has 0 amide bonds. The summed E-state index contributed by atoms with van der Waals surface area (Å²) in [4.78, 5) is 4.68. The number of rotatable bonds is 7. The average Bonchev–Trinajstić information content (AvgIpc) is 2.83. The Labute approximate surface area is 108 Å². The van der Waals surface area contributed by atoms with Crippen LogP contribution in [0.2, 0.25) is 0 Å². The van der Waals surface area contributed by atoms with Crippen LogP contribution in [0.5, 0.6) is 0 Å². The lowest BCUT2D eigenvalue weighted by Crippen LogP contribution is -2.26. The molecule has 1 atom stereocenters. The molecule has 0 saturated heterocycles. The second-order valence-electron chi connectivity index (χ2n) is 4.38. The van der Waals surface area contributed by atoms with Gasteiger partial charge in [0.15, 0.2) is 0 Å². The molecule has 1 rings (SSSR count). The molecule has 2 N–H and O–H groups in total. The van der Waals surface area contributed by atoms with Crippen LogP contribution in [0.15, 0.2) is 5.38 Å². The van der Waals surface area contributed by atoms with Gasteiger partial charge in [-0.1, -0.05) is 27.2 Å². The summed E-state index contributed by atoms with van der Waals surface area (Å²) in [5.41, 5.74) is 6.87. The third kappa shape index (κ3) is 3.06. The molecule has 0 spiro atoms. The van der Waals surface area contributed by atoms with Crippen molar-refractivity contribution in [2.45, 2.75) is 58.1 Å². The second kappa shape index (κ2) is 6.47. The first-order valence-corrected chi connectivity index (χ1v) is 7.28. The van der Waals surface area contributed by atoms with Crippen molar-refractivity contribution >= 4 is 11.3 Å². The van der Waals surface area contributed by atoms with E-state index >= 15 is 0 Å². The van der Waals surface area contributed by atoms with Gasteiger partial charge in [-0.3, -0.25) is 0 Å². The zero-order valence-corrected chi connectivity index (χ0v) is 12.1. The third-order valence-electron chi connectivity index (χ3n) is 3.42. The number of nitrogens with zero attached hydrogens (tertiary/aromatic N) is 1. The number of aromatic nitrogens is 1. The molecule has 1 aromatic heterocycles.